The van der Waals surface area contributed by atoms with Crippen molar-refractivity contribution in [3.63, 3.8) is 0 Å². The SMILES string of the molecule is C[C@@H](NC(=O)C[C@@H](c1ccc2c(c1)OCO2)c1cn(C)c2ccccc12)c1ccccc1. The highest BCUT2D eigenvalue weighted by Crippen LogP contribution is 2.40. The van der Waals surface area contributed by atoms with Gasteiger partial charge in [-0.25, -0.2) is 0 Å². The zero-order valence-electron chi connectivity index (χ0n) is 18.2. The Kier molecular flexibility index (Phi) is 5.31. The van der Waals surface area contributed by atoms with Crippen LogP contribution in [0.2, 0.25) is 0 Å². The predicted molar refractivity (Wildman–Crippen MR) is 125 cm³/mol. The largest absolute Gasteiger partial charge is 0.454 e. The third-order valence-electron chi connectivity index (χ3n) is 6.17. The molecule has 0 saturated carbocycles. The van der Waals surface area contributed by atoms with Crippen LogP contribution in [-0.4, -0.2) is 17.3 Å². The van der Waals surface area contributed by atoms with Gasteiger partial charge in [0.1, 0.15) is 0 Å². The quantitative estimate of drug-likeness (QED) is 0.455. The molecule has 1 N–H and O–H groups in total. The first-order valence-electron chi connectivity index (χ1n) is 10.9. The first-order chi connectivity index (χ1) is 15.6. The summed E-state index contributed by atoms with van der Waals surface area (Å²) in [6.45, 7) is 2.24. The van der Waals surface area contributed by atoms with E-state index in [1.54, 1.807) is 0 Å². The molecule has 0 saturated heterocycles. The number of nitrogens with zero attached hydrogens (tertiary/aromatic N) is 1. The maximum Gasteiger partial charge on any atom is 0.231 e. The minimum Gasteiger partial charge on any atom is -0.454 e. The van der Waals surface area contributed by atoms with Gasteiger partial charge in [0.2, 0.25) is 12.7 Å². The normalized spacial score (nSPS) is 14.3. The van der Waals surface area contributed by atoms with Crippen molar-refractivity contribution >= 4 is 16.8 Å². The van der Waals surface area contributed by atoms with Crippen LogP contribution in [0.25, 0.3) is 10.9 Å². The summed E-state index contributed by atoms with van der Waals surface area (Å²) in [5, 5.41) is 4.33. The summed E-state index contributed by atoms with van der Waals surface area (Å²) in [5.74, 6) is 1.37. The second kappa shape index (κ2) is 8.42. The number of nitrogens with one attached hydrogen (secondary N) is 1. The smallest absolute Gasteiger partial charge is 0.231 e. The number of hydrogen-bond donors (Lipinski definition) is 1. The topological polar surface area (TPSA) is 52.5 Å². The molecule has 0 fully saturated rings. The molecule has 1 aromatic heterocycles. The molecule has 0 bridgehead atoms. The van der Waals surface area contributed by atoms with Gasteiger partial charge in [-0.15, -0.1) is 0 Å². The minimum atomic E-state index is -0.112. The van der Waals surface area contributed by atoms with Crippen LogP contribution in [0.5, 0.6) is 11.5 Å². The maximum absolute atomic E-state index is 13.2. The van der Waals surface area contributed by atoms with Gasteiger partial charge >= 0.3 is 0 Å². The zero-order chi connectivity index (χ0) is 22.1. The van der Waals surface area contributed by atoms with Crippen LogP contribution in [0.1, 0.15) is 42.0 Å². The number of aromatic nitrogens is 1. The van der Waals surface area contributed by atoms with Crippen LogP contribution in [0.4, 0.5) is 0 Å². The Bertz CT molecular complexity index is 1260. The van der Waals surface area contributed by atoms with E-state index < -0.39 is 0 Å². The van der Waals surface area contributed by atoms with Crippen LogP contribution in [0.15, 0.2) is 79.0 Å². The Balaban J connectivity index is 1.49. The molecule has 0 aliphatic carbocycles. The van der Waals surface area contributed by atoms with Gasteiger partial charge in [0.25, 0.3) is 0 Å². The van der Waals surface area contributed by atoms with Crippen molar-refractivity contribution in [2.75, 3.05) is 6.79 Å². The highest BCUT2D eigenvalue weighted by atomic mass is 16.7. The lowest BCUT2D eigenvalue weighted by Gasteiger charge is -2.20. The number of benzene rings is 3. The second-order valence-electron chi connectivity index (χ2n) is 8.28. The molecule has 1 aliphatic heterocycles. The minimum absolute atomic E-state index is 0.0111. The number of fused-ring (bicyclic) bond motifs is 2. The Morgan fingerprint density at radius 3 is 2.56 bits per heavy atom. The van der Waals surface area contributed by atoms with Crippen molar-refractivity contribution in [1.82, 2.24) is 9.88 Å². The lowest BCUT2D eigenvalue weighted by molar-refractivity contribution is -0.121. The zero-order valence-corrected chi connectivity index (χ0v) is 18.2. The van der Waals surface area contributed by atoms with E-state index in [-0.39, 0.29) is 24.7 Å². The third kappa shape index (κ3) is 3.82. The summed E-state index contributed by atoms with van der Waals surface area (Å²) < 4.78 is 13.2. The van der Waals surface area contributed by atoms with Crippen molar-refractivity contribution in [2.24, 2.45) is 7.05 Å². The van der Waals surface area contributed by atoms with E-state index in [9.17, 15) is 4.79 Å². The fourth-order valence-corrected chi connectivity index (χ4v) is 4.50. The van der Waals surface area contributed by atoms with Gasteiger partial charge in [-0.3, -0.25) is 4.79 Å². The Morgan fingerprint density at radius 1 is 0.969 bits per heavy atom. The molecule has 2 atom stereocenters. The number of rotatable bonds is 6. The molecule has 0 unspecified atom stereocenters. The van der Waals surface area contributed by atoms with Gasteiger partial charge in [-0.1, -0.05) is 54.6 Å². The van der Waals surface area contributed by atoms with Crippen molar-refractivity contribution in [3.8, 4) is 11.5 Å². The third-order valence-corrected chi connectivity index (χ3v) is 6.17. The summed E-state index contributed by atoms with van der Waals surface area (Å²) in [5.41, 5.74) is 4.40. The van der Waals surface area contributed by atoms with E-state index in [0.717, 1.165) is 39.1 Å². The Labute approximate surface area is 187 Å². The molecule has 0 radical (unpaired) electrons. The van der Waals surface area contributed by atoms with E-state index in [0.29, 0.717) is 6.42 Å². The van der Waals surface area contributed by atoms with E-state index in [1.165, 1.54) is 0 Å². The molecule has 5 nitrogen and oxygen atoms in total. The van der Waals surface area contributed by atoms with Gasteiger partial charge in [0.15, 0.2) is 11.5 Å². The molecule has 32 heavy (non-hydrogen) atoms. The van der Waals surface area contributed by atoms with Crippen LogP contribution >= 0.6 is 0 Å². The molecular formula is C27H26N2O3. The van der Waals surface area contributed by atoms with E-state index in [4.69, 9.17) is 9.47 Å². The van der Waals surface area contributed by atoms with E-state index >= 15 is 0 Å². The van der Waals surface area contributed by atoms with Crippen molar-refractivity contribution < 1.29 is 14.3 Å². The lowest BCUT2D eigenvalue weighted by Crippen LogP contribution is -2.28. The van der Waals surface area contributed by atoms with Crippen molar-refractivity contribution in [3.05, 3.63) is 95.7 Å². The molecule has 5 rings (SSSR count). The summed E-state index contributed by atoms with van der Waals surface area (Å²) in [4.78, 5) is 13.2. The molecule has 3 aromatic carbocycles. The second-order valence-corrected chi connectivity index (χ2v) is 8.28. The number of ether oxygens (including phenoxy) is 2. The van der Waals surface area contributed by atoms with Crippen LogP contribution in [0, 0.1) is 0 Å². The predicted octanol–water partition coefficient (Wildman–Crippen LogP) is 5.31. The fourth-order valence-electron chi connectivity index (χ4n) is 4.50. The number of carbonyl (C=O) groups excluding carboxylic acids is 1. The van der Waals surface area contributed by atoms with Crippen LogP contribution in [-0.2, 0) is 11.8 Å². The van der Waals surface area contributed by atoms with Gasteiger partial charge in [0.05, 0.1) is 6.04 Å². The molecule has 4 aromatic rings. The van der Waals surface area contributed by atoms with E-state index in [2.05, 4.69) is 28.2 Å². The highest BCUT2D eigenvalue weighted by Gasteiger charge is 2.25. The lowest BCUT2D eigenvalue weighted by atomic mass is 9.87. The molecule has 162 valence electrons. The van der Waals surface area contributed by atoms with Gasteiger partial charge in [-0.2, -0.15) is 0 Å². The molecule has 5 heteroatoms. The summed E-state index contributed by atoms with van der Waals surface area (Å²) >= 11 is 0. The Morgan fingerprint density at radius 2 is 1.72 bits per heavy atom. The fraction of sp³-hybridized carbons (Fsp3) is 0.222. The molecule has 0 spiro atoms. The number of carbonyl (C=O) groups is 1. The molecular weight excluding hydrogens is 400 g/mol. The van der Waals surface area contributed by atoms with Crippen molar-refractivity contribution in [2.45, 2.75) is 25.3 Å². The summed E-state index contributed by atoms with van der Waals surface area (Å²) in [7, 11) is 2.04. The standard InChI is InChI=1S/C27H26N2O3/c1-18(19-8-4-3-5-9-19)28-27(30)15-22(20-12-13-25-26(14-20)32-17-31-25)23-16-29(2)24-11-7-6-10-21(23)24/h3-14,16,18,22H,15,17H2,1-2H3,(H,28,30)/t18-,22+/m1/s1. The van der Waals surface area contributed by atoms with Crippen LogP contribution < -0.4 is 14.8 Å². The summed E-state index contributed by atoms with van der Waals surface area (Å²) in [6.07, 6.45) is 2.47. The number of amides is 1. The first kappa shape index (κ1) is 20.2. The van der Waals surface area contributed by atoms with E-state index in [1.807, 2.05) is 74.6 Å². The monoisotopic (exact) mass is 426 g/mol. The molecule has 1 amide bonds. The van der Waals surface area contributed by atoms with Gasteiger partial charge in [-0.05, 0) is 41.8 Å². The molecule has 2 heterocycles. The highest BCUT2D eigenvalue weighted by molar-refractivity contribution is 5.86. The van der Waals surface area contributed by atoms with Gasteiger partial charge < -0.3 is 19.4 Å². The van der Waals surface area contributed by atoms with Crippen molar-refractivity contribution in [1.29, 1.82) is 0 Å². The Hall–Kier alpha value is -3.73. The molecule has 1 aliphatic rings. The average molecular weight is 427 g/mol. The number of hydrogen-bond acceptors (Lipinski definition) is 3. The summed E-state index contributed by atoms with van der Waals surface area (Å²) in [6, 6.07) is 24.2. The number of aryl methyl sites for hydroxylation is 1. The van der Waals surface area contributed by atoms with Crippen LogP contribution in [0.3, 0.4) is 0 Å². The van der Waals surface area contributed by atoms with Gasteiger partial charge in [0, 0.05) is 36.5 Å². The number of para-hydroxylation sites is 1. The average Bonchev–Trinajstić information content (AvgIpc) is 3.42. The first-order valence-corrected chi connectivity index (χ1v) is 10.9. The maximum atomic E-state index is 13.2.